The normalized spacial score (nSPS) is 10.3. The number of nitriles is 1. The molecule has 90 valence electrons. The molecule has 2 aromatic carbocycles. The smallest absolute Gasteiger partial charge is 0.132 e. The maximum atomic E-state index is 13.8. The van der Waals surface area contributed by atoms with Gasteiger partial charge in [0.1, 0.15) is 11.9 Å². The number of benzene rings is 2. The van der Waals surface area contributed by atoms with E-state index >= 15 is 0 Å². The monoisotopic (exact) mass is 248 g/mol. The van der Waals surface area contributed by atoms with E-state index in [1.54, 1.807) is 24.3 Å². The summed E-state index contributed by atoms with van der Waals surface area (Å²) in [6.45, 7) is 0. The topological polar surface area (TPSA) is 36.7 Å². The van der Waals surface area contributed by atoms with E-state index in [0.29, 0.717) is 16.8 Å². The summed E-state index contributed by atoms with van der Waals surface area (Å²) in [6, 6.07) is 17.7. The first kappa shape index (κ1) is 11.4. The number of nitrogens with zero attached hydrogens (tertiary/aromatic N) is 2. The van der Waals surface area contributed by atoms with E-state index in [1.165, 1.54) is 6.07 Å². The van der Waals surface area contributed by atoms with Crippen molar-refractivity contribution < 1.29 is 4.39 Å². The van der Waals surface area contributed by atoms with Crippen molar-refractivity contribution in [2.75, 3.05) is 0 Å². The highest BCUT2D eigenvalue weighted by atomic mass is 19.1. The minimum absolute atomic E-state index is 0.352. The molecule has 0 radical (unpaired) electrons. The molecule has 1 heterocycles. The summed E-state index contributed by atoms with van der Waals surface area (Å²) in [7, 11) is 0. The van der Waals surface area contributed by atoms with E-state index < -0.39 is 0 Å². The number of fused-ring (bicyclic) bond motifs is 1. The van der Waals surface area contributed by atoms with Gasteiger partial charge in [0.15, 0.2) is 0 Å². The Morgan fingerprint density at radius 2 is 1.74 bits per heavy atom. The van der Waals surface area contributed by atoms with E-state index in [1.807, 2.05) is 24.3 Å². The van der Waals surface area contributed by atoms with Gasteiger partial charge in [-0.3, -0.25) is 0 Å². The summed E-state index contributed by atoms with van der Waals surface area (Å²) in [6.07, 6.45) is 0. The van der Waals surface area contributed by atoms with Crippen molar-refractivity contribution in [3.8, 4) is 17.3 Å². The van der Waals surface area contributed by atoms with Crippen molar-refractivity contribution in [3.05, 3.63) is 66.0 Å². The minimum Gasteiger partial charge on any atom is -0.246 e. The number of halogens is 1. The molecule has 0 aliphatic rings. The van der Waals surface area contributed by atoms with Crippen molar-refractivity contribution >= 4 is 10.9 Å². The highest BCUT2D eigenvalue weighted by Crippen LogP contribution is 2.27. The second kappa shape index (κ2) is 4.51. The Bertz CT molecular complexity index is 803. The van der Waals surface area contributed by atoms with Crippen LogP contribution in [0.4, 0.5) is 4.39 Å². The average Bonchev–Trinajstić information content (AvgIpc) is 2.46. The molecule has 19 heavy (non-hydrogen) atoms. The zero-order valence-electron chi connectivity index (χ0n) is 9.97. The lowest BCUT2D eigenvalue weighted by Gasteiger charge is -2.06. The highest BCUT2D eigenvalue weighted by molar-refractivity contribution is 5.84. The molecule has 3 rings (SSSR count). The van der Waals surface area contributed by atoms with Crippen LogP contribution in [-0.4, -0.2) is 4.98 Å². The van der Waals surface area contributed by atoms with Crippen LogP contribution in [0.15, 0.2) is 54.6 Å². The number of rotatable bonds is 1. The molecule has 0 bridgehead atoms. The molecule has 0 amide bonds. The second-order valence-corrected chi connectivity index (χ2v) is 4.17. The van der Waals surface area contributed by atoms with Gasteiger partial charge in [0.2, 0.25) is 0 Å². The molecule has 0 aliphatic carbocycles. The van der Waals surface area contributed by atoms with Gasteiger partial charge in [-0.15, -0.1) is 0 Å². The number of para-hydroxylation sites is 1. The lowest BCUT2D eigenvalue weighted by atomic mass is 10.0. The fourth-order valence-corrected chi connectivity index (χ4v) is 2.06. The number of hydrogen-bond acceptors (Lipinski definition) is 2. The Hall–Kier alpha value is -2.73. The number of pyridine rings is 1. The van der Waals surface area contributed by atoms with Crippen molar-refractivity contribution in [2.24, 2.45) is 0 Å². The van der Waals surface area contributed by atoms with Crippen LogP contribution in [0.1, 0.15) is 5.56 Å². The van der Waals surface area contributed by atoms with Crippen LogP contribution < -0.4 is 0 Å². The van der Waals surface area contributed by atoms with E-state index in [-0.39, 0.29) is 5.82 Å². The Morgan fingerprint density at radius 1 is 1.00 bits per heavy atom. The molecule has 1 aromatic heterocycles. The van der Waals surface area contributed by atoms with Crippen molar-refractivity contribution in [1.82, 2.24) is 4.98 Å². The van der Waals surface area contributed by atoms with Crippen molar-refractivity contribution in [1.29, 1.82) is 5.26 Å². The summed E-state index contributed by atoms with van der Waals surface area (Å²) >= 11 is 0. The van der Waals surface area contributed by atoms with Gasteiger partial charge in [-0.2, -0.15) is 5.26 Å². The molecule has 0 unspecified atom stereocenters. The lowest BCUT2D eigenvalue weighted by molar-refractivity contribution is 0.631. The predicted molar refractivity (Wildman–Crippen MR) is 71.9 cm³/mol. The number of aromatic nitrogens is 1. The Balaban J connectivity index is 2.35. The lowest BCUT2D eigenvalue weighted by Crippen LogP contribution is -1.93. The van der Waals surface area contributed by atoms with Gasteiger partial charge in [-0.1, -0.05) is 30.3 Å². The van der Waals surface area contributed by atoms with Gasteiger partial charge in [0.25, 0.3) is 0 Å². The van der Waals surface area contributed by atoms with Crippen LogP contribution in [-0.2, 0) is 0 Å². The molecular weight excluding hydrogens is 239 g/mol. The van der Waals surface area contributed by atoms with Crippen LogP contribution in [0, 0.1) is 17.1 Å². The van der Waals surface area contributed by atoms with E-state index in [2.05, 4.69) is 11.1 Å². The first-order valence-electron chi connectivity index (χ1n) is 5.84. The third-order valence-corrected chi connectivity index (χ3v) is 2.97. The van der Waals surface area contributed by atoms with Gasteiger partial charge in [0.05, 0.1) is 16.8 Å². The van der Waals surface area contributed by atoms with Gasteiger partial charge in [0, 0.05) is 10.9 Å². The predicted octanol–water partition coefficient (Wildman–Crippen LogP) is 3.91. The largest absolute Gasteiger partial charge is 0.246 e. The summed E-state index contributed by atoms with van der Waals surface area (Å²) < 4.78 is 13.8. The second-order valence-electron chi connectivity index (χ2n) is 4.17. The minimum atomic E-state index is -0.373. The van der Waals surface area contributed by atoms with Gasteiger partial charge >= 0.3 is 0 Å². The highest BCUT2D eigenvalue weighted by Gasteiger charge is 2.12. The summed E-state index contributed by atoms with van der Waals surface area (Å²) in [4.78, 5) is 4.41. The fraction of sp³-hybridized carbons (Fsp3) is 0. The van der Waals surface area contributed by atoms with Gasteiger partial charge in [-0.05, 0) is 24.3 Å². The quantitative estimate of drug-likeness (QED) is 0.654. The molecule has 2 nitrogen and oxygen atoms in total. The molecule has 3 aromatic rings. The Labute approximate surface area is 109 Å². The molecular formula is C16H9FN2. The van der Waals surface area contributed by atoms with Crippen LogP contribution in [0.25, 0.3) is 22.2 Å². The van der Waals surface area contributed by atoms with Crippen LogP contribution in [0.5, 0.6) is 0 Å². The fourth-order valence-electron chi connectivity index (χ4n) is 2.06. The third kappa shape index (κ3) is 1.94. The zero-order valence-corrected chi connectivity index (χ0v) is 9.97. The maximum Gasteiger partial charge on any atom is 0.132 e. The Morgan fingerprint density at radius 3 is 2.53 bits per heavy atom. The van der Waals surface area contributed by atoms with Crippen molar-refractivity contribution in [3.63, 3.8) is 0 Å². The molecule has 0 spiro atoms. The molecule has 0 N–H and O–H groups in total. The standard InChI is InChI=1S/C16H9FN2/c17-14-7-3-2-6-13(14)16-12(10-18)9-11-5-1-4-8-15(11)19-16/h1-9H. The molecule has 0 aliphatic heterocycles. The van der Waals surface area contributed by atoms with Crippen LogP contribution in [0.3, 0.4) is 0 Å². The molecule has 0 saturated heterocycles. The number of hydrogen-bond donors (Lipinski definition) is 0. The summed E-state index contributed by atoms with van der Waals surface area (Å²) in [5, 5.41) is 10.1. The summed E-state index contributed by atoms with van der Waals surface area (Å²) in [5.74, 6) is -0.373. The van der Waals surface area contributed by atoms with Crippen LogP contribution in [0.2, 0.25) is 0 Å². The zero-order chi connectivity index (χ0) is 13.2. The van der Waals surface area contributed by atoms with Gasteiger partial charge < -0.3 is 0 Å². The summed E-state index contributed by atoms with van der Waals surface area (Å²) in [5.41, 5.74) is 1.87. The molecule has 0 atom stereocenters. The van der Waals surface area contributed by atoms with Crippen molar-refractivity contribution in [2.45, 2.75) is 0 Å². The average molecular weight is 248 g/mol. The van der Waals surface area contributed by atoms with E-state index in [9.17, 15) is 9.65 Å². The van der Waals surface area contributed by atoms with Crippen LogP contribution >= 0.6 is 0 Å². The molecule has 0 saturated carbocycles. The third-order valence-electron chi connectivity index (χ3n) is 2.97. The first-order valence-corrected chi connectivity index (χ1v) is 5.84. The van der Waals surface area contributed by atoms with Gasteiger partial charge in [-0.25, -0.2) is 9.37 Å². The van der Waals surface area contributed by atoms with E-state index in [0.717, 1.165) is 10.9 Å². The first-order chi connectivity index (χ1) is 9.29. The Kier molecular flexibility index (Phi) is 2.70. The molecule has 3 heteroatoms. The molecule has 0 fully saturated rings. The SMILES string of the molecule is N#Cc1cc2ccccc2nc1-c1ccccc1F. The van der Waals surface area contributed by atoms with E-state index in [4.69, 9.17) is 0 Å². The maximum absolute atomic E-state index is 13.8.